The number of fused-ring (bicyclic) bond motifs is 1. The maximum Gasteiger partial charge on any atom is 0.451 e. The number of rotatable bonds is 3. The molecule has 1 unspecified atom stereocenters. The Morgan fingerprint density at radius 3 is 2.72 bits per heavy atom. The fourth-order valence-electron chi connectivity index (χ4n) is 3.34. The smallest absolute Gasteiger partial charge is 0.391 e. The molecule has 13 heteroatoms. The van der Waals surface area contributed by atoms with Gasteiger partial charge in [0.05, 0.1) is 24.3 Å². The molecule has 3 N–H and O–H groups in total. The summed E-state index contributed by atoms with van der Waals surface area (Å²) in [6.45, 7) is 1.11. The van der Waals surface area contributed by atoms with E-state index in [0.29, 0.717) is 36.7 Å². The maximum absolute atomic E-state index is 12.9. The summed E-state index contributed by atoms with van der Waals surface area (Å²) >= 11 is 0. The third-order valence-corrected chi connectivity index (χ3v) is 4.69. The Labute approximate surface area is 160 Å². The van der Waals surface area contributed by atoms with Crippen molar-refractivity contribution in [2.75, 3.05) is 18.0 Å². The zero-order valence-electron chi connectivity index (χ0n) is 14.7. The van der Waals surface area contributed by atoms with Crippen LogP contribution in [0.5, 0.6) is 0 Å². The van der Waals surface area contributed by atoms with Crippen LogP contribution in [0.15, 0.2) is 24.8 Å². The molecule has 29 heavy (non-hydrogen) atoms. The van der Waals surface area contributed by atoms with Crippen LogP contribution in [0.4, 0.5) is 19.0 Å². The zero-order chi connectivity index (χ0) is 20.2. The van der Waals surface area contributed by atoms with Gasteiger partial charge in [-0.2, -0.15) is 23.3 Å². The van der Waals surface area contributed by atoms with Crippen molar-refractivity contribution in [1.29, 1.82) is 0 Å². The fraction of sp³-hybridized carbons (Fsp3) is 0.312. The molecule has 1 fully saturated rings. The number of hydrogen-bond acceptors (Lipinski definition) is 7. The van der Waals surface area contributed by atoms with E-state index in [1.54, 1.807) is 16.7 Å². The van der Waals surface area contributed by atoms with Gasteiger partial charge in [-0.1, -0.05) is 0 Å². The van der Waals surface area contributed by atoms with Crippen molar-refractivity contribution in [2.24, 2.45) is 0 Å². The summed E-state index contributed by atoms with van der Waals surface area (Å²) in [6.07, 6.45) is 0.258. The second-order valence-corrected chi connectivity index (χ2v) is 6.62. The summed E-state index contributed by atoms with van der Waals surface area (Å²) in [6, 6.07) is 1.76. The number of aromatic amines is 2. The number of imidazole rings is 2. The van der Waals surface area contributed by atoms with Crippen LogP contribution in [0.25, 0.3) is 28.7 Å². The van der Waals surface area contributed by atoms with Gasteiger partial charge in [0, 0.05) is 19.3 Å². The normalized spacial score (nSPS) is 17.5. The van der Waals surface area contributed by atoms with Gasteiger partial charge in [0.25, 0.3) is 0 Å². The average molecular weight is 405 g/mol. The molecule has 150 valence electrons. The molecule has 0 radical (unpaired) electrons. The van der Waals surface area contributed by atoms with Crippen molar-refractivity contribution in [1.82, 2.24) is 39.5 Å². The Hall–Kier alpha value is -3.48. The monoisotopic (exact) mass is 405 g/mol. The van der Waals surface area contributed by atoms with Gasteiger partial charge in [-0.05, 0) is 12.5 Å². The van der Waals surface area contributed by atoms with Crippen molar-refractivity contribution in [2.45, 2.75) is 18.7 Å². The lowest BCUT2D eigenvalue weighted by Gasteiger charge is -2.16. The summed E-state index contributed by atoms with van der Waals surface area (Å²) in [4.78, 5) is 21.3. The standard InChI is InChI=1S/C16H14F3N9O/c17-16(18,19)14-24-13(25-26-14)11-12(9-5-20-7-21-9)28-4-2-10(22-15(28)23-11)27-3-1-8(29)6-27/h2,4-5,7-8,29H,1,3,6H2,(H,20,21)(H,24,25,26). The van der Waals surface area contributed by atoms with Crippen LogP contribution >= 0.6 is 0 Å². The molecule has 5 rings (SSSR count). The summed E-state index contributed by atoms with van der Waals surface area (Å²) in [5.41, 5.74) is 1.09. The molecule has 4 aromatic heterocycles. The highest BCUT2D eigenvalue weighted by Gasteiger charge is 2.36. The molecular weight excluding hydrogens is 391 g/mol. The quantitative estimate of drug-likeness (QED) is 0.472. The third-order valence-electron chi connectivity index (χ3n) is 4.69. The van der Waals surface area contributed by atoms with E-state index < -0.39 is 18.1 Å². The Bertz CT molecular complexity index is 1160. The van der Waals surface area contributed by atoms with Crippen molar-refractivity contribution < 1.29 is 18.3 Å². The minimum Gasteiger partial charge on any atom is -0.391 e. The first-order chi connectivity index (χ1) is 13.9. The number of aliphatic hydroxyl groups is 1. The first-order valence-corrected chi connectivity index (χ1v) is 8.71. The molecule has 0 saturated carbocycles. The highest BCUT2D eigenvalue weighted by molar-refractivity contribution is 5.76. The molecule has 1 atom stereocenters. The summed E-state index contributed by atoms with van der Waals surface area (Å²) in [7, 11) is 0. The SMILES string of the molecule is OC1CCN(c2ccn3c(-c4cnc[nH]4)c(-c4n[nH]c(C(F)(F)F)n4)nc3n2)C1. The van der Waals surface area contributed by atoms with Crippen LogP contribution in [-0.2, 0) is 6.18 Å². The van der Waals surface area contributed by atoms with E-state index in [1.165, 1.54) is 12.5 Å². The summed E-state index contributed by atoms with van der Waals surface area (Å²) < 4.78 is 40.4. The molecule has 1 saturated heterocycles. The highest BCUT2D eigenvalue weighted by atomic mass is 19.4. The largest absolute Gasteiger partial charge is 0.451 e. The van der Waals surface area contributed by atoms with Gasteiger partial charge in [0.1, 0.15) is 17.2 Å². The zero-order valence-corrected chi connectivity index (χ0v) is 14.7. The van der Waals surface area contributed by atoms with E-state index in [0.717, 1.165) is 0 Å². The number of H-pyrrole nitrogens is 2. The Morgan fingerprint density at radius 1 is 1.21 bits per heavy atom. The lowest BCUT2D eigenvalue weighted by atomic mass is 10.2. The molecule has 0 bridgehead atoms. The Kier molecular flexibility index (Phi) is 3.81. The first-order valence-electron chi connectivity index (χ1n) is 8.71. The first kappa shape index (κ1) is 17.6. The Balaban J connectivity index is 1.66. The molecule has 4 aromatic rings. The lowest BCUT2D eigenvalue weighted by Crippen LogP contribution is -2.22. The number of halogens is 3. The van der Waals surface area contributed by atoms with Gasteiger partial charge >= 0.3 is 6.18 Å². The molecule has 0 amide bonds. The lowest BCUT2D eigenvalue weighted by molar-refractivity contribution is -0.144. The van der Waals surface area contributed by atoms with Gasteiger partial charge in [-0.15, -0.1) is 0 Å². The molecule has 0 aliphatic carbocycles. The van der Waals surface area contributed by atoms with E-state index >= 15 is 0 Å². The van der Waals surface area contributed by atoms with Crippen LogP contribution in [0.1, 0.15) is 12.2 Å². The van der Waals surface area contributed by atoms with Crippen LogP contribution < -0.4 is 4.90 Å². The highest BCUT2D eigenvalue weighted by Crippen LogP contribution is 2.32. The van der Waals surface area contributed by atoms with Gasteiger partial charge in [-0.3, -0.25) is 9.50 Å². The molecule has 0 aromatic carbocycles. The number of nitrogens with zero attached hydrogens (tertiary/aromatic N) is 7. The average Bonchev–Trinajstić information content (AvgIpc) is 3.44. The molecular formula is C16H14F3N9O. The van der Waals surface area contributed by atoms with Crippen molar-refractivity contribution in [3.8, 4) is 22.9 Å². The molecule has 10 nitrogen and oxygen atoms in total. The van der Waals surface area contributed by atoms with E-state index in [9.17, 15) is 18.3 Å². The van der Waals surface area contributed by atoms with Crippen LogP contribution in [-0.4, -0.2) is 63.8 Å². The molecule has 1 aliphatic rings. The predicted molar refractivity (Wildman–Crippen MR) is 93.8 cm³/mol. The molecule has 5 heterocycles. The van der Waals surface area contributed by atoms with E-state index in [2.05, 4.69) is 30.0 Å². The summed E-state index contributed by atoms with van der Waals surface area (Å²) in [5, 5.41) is 15.3. The number of hydrogen-bond donors (Lipinski definition) is 3. The number of anilines is 1. The fourth-order valence-corrected chi connectivity index (χ4v) is 3.34. The number of aromatic nitrogens is 8. The minimum absolute atomic E-state index is 0.132. The summed E-state index contributed by atoms with van der Waals surface area (Å²) in [5.74, 6) is -0.528. The van der Waals surface area contributed by atoms with Crippen LogP contribution in [0.2, 0.25) is 0 Å². The van der Waals surface area contributed by atoms with Gasteiger partial charge < -0.3 is 15.0 Å². The number of alkyl halides is 3. The van der Waals surface area contributed by atoms with Crippen molar-refractivity contribution in [3.63, 3.8) is 0 Å². The van der Waals surface area contributed by atoms with Gasteiger partial charge in [-0.25, -0.2) is 15.0 Å². The predicted octanol–water partition coefficient (Wildman–Crippen LogP) is 1.49. The second-order valence-electron chi connectivity index (χ2n) is 6.62. The van der Waals surface area contributed by atoms with E-state index in [-0.39, 0.29) is 17.3 Å². The number of β-amino-alcohol motifs (C(OH)–C–C–N with tert-alkyl or cyclic N) is 1. The minimum atomic E-state index is -4.65. The van der Waals surface area contributed by atoms with Crippen LogP contribution in [0, 0.1) is 0 Å². The van der Waals surface area contributed by atoms with Gasteiger partial charge in [0.2, 0.25) is 17.4 Å². The topological polar surface area (TPSA) is 124 Å². The number of aliphatic hydroxyl groups excluding tert-OH is 1. The third kappa shape index (κ3) is 2.99. The maximum atomic E-state index is 12.9. The van der Waals surface area contributed by atoms with Crippen molar-refractivity contribution >= 4 is 11.6 Å². The van der Waals surface area contributed by atoms with Gasteiger partial charge in [0.15, 0.2) is 0 Å². The van der Waals surface area contributed by atoms with Crippen molar-refractivity contribution in [3.05, 3.63) is 30.6 Å². The van der Waals surface area contributed by atoms with E-state index in [1.807, 2.05) is 10.00 Å². The van der Waals surface area contributed by atoms with Crippen LogP contribution in [0.3, 0.4) is 0 Å². The number of nitrogens with one attached hydrogen (secondary N) is 2. The molecule has 0 spiro atoms. The molecule has 1 aliphatic heterocycles. The second kappa shape index (κ2) is 6.27. The van der Waals surface area contributed by atoms with E-state index in [4.69, 9.17) is 0 Å². The Morgan fingerprint density at radius 2 is 2.07 bits per heavy atom.